The molecular formula is C14H22NO4P. The predicted octanol–water partition coefficient (Wildman–Crippen LogP) is 2.26. The highest BCUT2D eigenvalue weighted by Crippen LogP contribution is 2.14. The maximum atomic E-state index is 11.4. The lowest BCUT2D eigenvalue weighted by Crippen LogP contribution is -2.30. The third-order valence-electron chi connectivity index (χ3n) is 2.80. The Morgan fingerprint density at radius 2 is 2.00 bits per heavy atom. The summed E-state index contributed by atoms with van der Waals surface area (Å²) in [7, 11) is -2.46. The number of benzene rings is 1. The quantitative estimate of drug-likeness (QED) is 0.431. The van der Waals surface area contributed by atoms with Gasteiger partial charge in [0, 0.05) is 19.6 Å². The second-order valence-corrected chi connectivity index (χ2v) is 5.83. The van der Waals surface area contributed by atoms with Crippen LogP contribution in [0.1, 0.15) is 25.3 Å². The molecule has 0 aliphatic carbocycles. The molecule has 1 aromatic carbocycles. The van der Waals surface area contributed by atoms with Crippen molar-refractivity contribution < 1.29 is 19.1 Å². The van der Waals surface area contributed by atoms with Crippen LogP contribution in [-0.4, -0.2) is 35.2 Å². The van der Waals surface area contributed by atoms with E-state index in [4.69, 9.17) is 9.73 Å². The minimum Gasteiger partial charge on any atom is -0.346 e. The molecule has 20 heavy (non-hydrogen) atoms. The van der Waals surface area contributed by atoms with Crippen molar-refractivity contribution in [2.24, 2.45) is 0 Å². The summed E-state index contributed by atoms with van der Waals surface area (Å²) in [4.78, 5) is 25.5. The van der Waals surface area contributed by atoms with E-state index in [2.05, 4.69) is 12.1 Å². The zero-order valence-electron chi connectivity index (χ0n) is 11.7. The number of aryl methyl sites for hydroxylation is 1. The van der Waals surface area contributed by atoms with E-state index in [1.165, 1.54) is 17.6 Å². The topological polar surface area (TPSA) is 66.8 Å². The molecule has 6 heteroatoms. The minimum absolute atomic E-state index is 0.178. The molecule has 5 nitrogen and oxygen atoms in total. The number of rotatable bonds is 9. The summed E-state index contributed by atoms with van der Waals surface area (Å²) in [5.41, 5.74) is 1.24. The van der Waals surface area contributed by atoms with E-state index in [0.29, 0.717) is 19.6 Å². The summed E-state index contributed by atoms with van der Waals surface area (Å²) >= 11 is 0. The van der Waals surface area contributed by atoms with Gasteiger partial charge in [0.25, 0.3) is 0 Å². The van der Waals surface area contributed by atoms with Gasteiger partial charge in [-0.05, 0) is 24.8 Å². The van der Waals surface area contributed by atoms with E-state index in [-0.39, 0.29) is 12.1 Å². The first-order chi connectivity index (χ1) is 9.59. The third kappa shape index (κ3) is 7.43. The second kappa shape index (κ2) is 9.70. The molecule has 0 spiro atoms. The summed E-state index contributed by atoms with van der Waals surface area (Å²) in [6.45, 7) is 2.25. The maximum Gasteiger partial charge on any atom is 0.242 e. The Labute approximate surface area is 120 Å². The Balaban J connectivity index is 2.22. The highest BCUT2D eigenvalue weighted by Gasteiger charge is 2.09. The van der Waals surface area contributed by atoms with Crippen LogP contribution in [0.25, 0.3) is 0 Å². The van der Waals surface area contributed by atoms with Crippen molar-refractivity contribution in [1.82, 2.24) is 5.06 Å². The Bertz CT molecular complexity index is 424. The van der Waals surface area contributed by atoms with Crippen LogP contribution in [0, 0.1) is 0 Å². The Hall–Kier alpha value is -1.16. The molecule has 0 fully saturated rings. The van der Waals surface area contributed by atoms with Crippen LogP contribution in [0.15, 0.2) is 30.3 Å². The van der Waals surface area contributed by atoms with Crippen LogP contribution >= 0.6 is 8.03 Å². The monoisotopic (exact) mass is 299 g/mol. The Morgan fingerprint density at radius 1 is 1.30 bits per heavy atom. The lowest BCUT2D eigenvalue weighted by molar-refractivity contribution is -0.184. The first kappa shape index (κ1) is 16.9. The van der Waals surface area contributed by atoms with Crippen LogP contribution < -0.4 is 0 Å². The van der Waals surface area contributed by atoms with Gasteiger partial charge >= 0.3 is 0 Å². The van der Waals surface area contributed by atoms with E-state index in [1.54, 1.807) is 0 Å². The van der Waals surface area contributed by atoms with Gasteiger partial charge in [-0.2, -0.15) is 0 Å². The van der Waals surface area contributed by atoms with E-state index in [9.17, 15) is 9.36 Å². The van der Waals surface area contributed by atoms with Gasteiger partial charge in [0.2, 0.25) is 5.91 Å². The lowest BCUT2D eigenvalue weighted by Gasteiger charge is -2.20. The lowest BCUT2D eigenvalue weighted by atomic mass is 10.1. The number of nitrogens with zero attached hydrogens (tertiary/aromatic N) is 1. The summed E-state index contributed by atoms with van der Waals surface area (Å²) in [6.07, 6.45) is 2.43. The first-order valence-electron chi connectivity index (χ1n) is 6.76. The molecular weight excluding hydrogens is 277 g/mol. The van der Waals surface area contributed by atoms with Crippen molar-refractivity contribution >= 4 is 13.9 Å². The van der Waals surface area contributed by atoms with Crippen LogP contribution in [0.4, 0.5) is 0 Å². The summed E-state index contributed by atoms with van der Waals surface area (Å²) < 4.78 is 10.6. The zero-order chi connectivity index (χ0) is 14.8. The van der Waals surface area contributed by atoms with Gasteiger partial charge in [0.05, 0.1) is 6.61 Å². The highest BCUT2D eigenvalue weighted by molar-refractivity contribution is 7.37. The number of hydrogen-bond acceptors (Lipinski definition) is 3. The number of carbonyl (C=O) groups is 1. The van der Waals surface area contributed by atoms with Gasteiger partial charge < -0.3 is 4.89 Å². The number of hydrogen-bond donors (Lipinski definition) is 1. The molecule has 0 heterocycles. The predicted molar refractivity (Wildman–Crippen MR) is 78.8 cm³/mol. The number of amides is 1. The molecule has 0 saturated heterocycles. The number of hydroxylamine groups is 2. The molecule has 0 aromatic heterocycles. The Kier molecular flexibility index (Phi) is 8.19. The van der Waals surface area contributed by atoms with Crippen molar-refractivity contribution in [3.05, 3.63) is 35.9 Å². The van der Waals surface area contributed by atoms with E-state index < -0.39 is 8.03 Å². The van der Waals surface area contributed by atoms with E-state index in [0.717, 1.165) is 12.8 Å². The molecule has 1 unspecified atom stereocenters. The highest BCUT2D eigenvalue weighted by atomic mass is 31.1. The molecule has 0 aliphatic rings. The van der Waals surface area contributed by atoms with Gasteiger partial charge in [-0.3, -0.25) is 14.2 Å². The molecule has 112 valence electrons. The first-order valence-corrected chi connectivity index (χ1v) is 8.32. The van der Waals surface area contributed by atoms with Crippen LogP contribution in [0.2, 0.25) is 0 Å². The maximum absolute atomic E-state index is 11.4. The zero-order valence-corrected chi connectivity index (χ0v) is 12.7. The van der Waals surface area contributed by atoms with Crippen molar-refractivity contribution in [2.75, 3.05) is 19.3 Å². The van der Waals surface area contributed by atoms with E-state index >= 15 is 0 Å². The normalized spacial score (nSPS) is 12.1. The second-order valence-electron chi connectivity index (χ2n) is 4.54. The molecule has 0 radical (unpaired) electrons. The molecule has 1 N–H and O–H groups in total. The standard InChI is InChI=1S/C14H22NO4P/c1-13(16)15(10-6-12-20(17)18)19-11-5-9-14-7-3-2-4-8-14/h2-4,7-8,20H,5-6,9-12H2,1H3,(H,17,18). The van der Waals surface area contributed by atoms with Crippen molar-refractivity contribution in [2.45, 2.75) is 26.2 Å². The van der Waals surface area contributed by atoms with Crippen molar-refractivity contribution in [1.29, 1.82) is 0 Å². The smallest absolute Gasteiger partial charge is 0.242 e. The molecule has 1 rings (SSSR count). The molecule has 1 aromatic rings. The van der Waals surface area contributed by atoms with Gasteiger partial charge in [-0.1, -0.05) is 30.3 Å². The summed E-state index contributed by atoms with van der Waals surface area (Å²) in [5.74, 6) is -0.178. The minimum atomic E-state index is -2.46. The van der Waals surface area contributed by atoms with Crippen molar-refractivity contribution in [3.63, 3.8) is 0 Å². The van der Waals surface area contributed by atoms with Gasteiger partial charge in [0.15, 0.2) is 8.03 Å². The number of carbonyl (C=O) groups excluding carboxylic acids is 1. The average Bonchev–Trinajstić information content (AvgIpc) is 2.42. The molecule has 0 saturated carbocycles. The molecule has 1 atom stereocenters. The Morgan fingerprint density at radius 3 is 2.60 bits per heavy atom. The molecule has 1 amide bonds. The fraction of sp³-hybridized carbons (Fsp3) is 0.500. The molecule has 0 bridgehead atoms. The van der Waals surface area contributed by atoms with Crippen LogP contribution in [0.3, 0.4) is 0 Å². The van der Waals surface area contributed by atoms with Gasteiger partial charge in [0.1, 0.15) is 0 Å². The SMILES string of the molecule is CC(=O)N(CCC[PH](=O)O)OCCCc1ccccc1. The van der Waals surface area contributed by atoms with Crippen molar-refractivity contribution in [3.8, 4) is 0 Å². The fourth-order valence-electron chi connectivity index (χ4n) is 1.78. The third-order valence-corrected chi connectivity index (χ3v) is 3.58. The summed E-state index contributed by atoms with van der Waals surface area (Å²) in [6, 6.07) is 10.1. The van der Waals surface area contributed by atoms with Gasteiger partial charge in [-0.25, -0.2) is 5.06 Å². The molecule has 0 aliphatic heterocycles. The van der Waals surface area contributed by atoms with Crippen LogP contribution in [-0.2, 0) is 20.6 Å². The van der Waals surface area contributed by atoms with Gasteiger partial charge in [-0.15, -0.1) is 0 Å². The summed E-state index contributed by atoms with van der Waals surface area (Å²) in [5, 5.41) is 1.27. The van der Waals surface area contributed by atoms with E-state index in [1.807, 2.05) is 18.2 Å². The fourth-order valence-corrected chi connectivity index (χ4v) is 2.24. The average molecular weight is 299 g/mol. The van der Waals surface area contributed by atoms with Crippen LogP contribution in [0.5, 0.6) is 0 Å². The largest absolute Gasteiger partial charge is 0.346 e.